The van der Waals surface area contributed by atoms with E-state index in [9.17, 15) is 4.79 Å². The predicted octanol–water partition coefficient (Wildman–Crippen LogP) is 4.40. The third kappa shape index (κ3) is 3.84. The Morgan fingerprint density at radius 3 is 2.55 bits per heavy atom. The molecular weight excluding hydrogens is 338 g/mol. The first kappa shape index (κ1) is 15.1. The minimum Gasteiger partial charge on any atom is -0.494 e. The smallest absolute Gasteiger partial charge is 0.261 e. The molecule has 1 amide bonds. The van der Waals surface area contributed by atoms with Crippen molar-refractivity contribution in [1.29, 1.82) is 0 Å². The van der Waals surface area contributed by atoms with E-state index in [1.54, 1.807) is 0 Å². The van der Waals surface area contributed by atoms with E-state index in [4.69, 9.17) is 4.74 Å². The van der Waals surface area contributed by atoms with E-state index in [0.717, 1.165) is 15.1 Å². The first-order chi connectivity index (χ1) is 9.60. The molecule has 0 aliphatic rings. The van der Waals surface area contributed by atoms with Crippen LogP contribution in [0.5, 0.6) is 5.75 Å². The Kier molecular flexibility index (Phi) is 5.20. The molecule has 1 heterocycles. The van der Waals surface area contributed by atoms with Gasteiger partial charge in [0.2, 0.25) is 0 Å². The molecule has 0 aliphatic carbocycles. The fourth-order valence-corrected chi connectivity index (χ4v) is 3.10. The summed E-state index contributed by atoms with van der Waals surface area (Å²) in [5.41, 5.74) is 1.05. The van der Waals surface area contributed by atoms with E-state index in [1.165, 1.54) is 11.3 Å². The van der Waals surface area contributed by atoms with Crippen LogP contribution in [-0.4, -0.2) is 12.5 Å². The van der Waals surface area contributed by atoms with Crippen LogP contribution in [-0.2, 0) is 0 Å². The molecule has 0 aliphatic heterocycles. The average molecular weight is 354 g/mol. The normalized spacial score (nSPS) is 11.9. The van der Waals surface area contributed by atoms with Gasteiger partial charge in [0.05, 0.1) is 21.3 Å². The van der Waals surface area contributed by atoms with Gasteiger partial charge in [0.25, 0.3) is 5.91 Å². The van der Waals surface area contributed by atoms with Gasteiger partial charge in [-0.3, -0.25) is 4.79 Å². The molecule has 0 radical (unpaired) electrons. The minimum atomic E-state index is -0.0536. The zero-order valence-electron chi connectivity index (χ0n) is 11.4. The second-order valence-corrected chi connectivity index (χ2v) is 6.76. The number of amides is 1. The van der Waals surface area contributed by atoms with Crippen LogP contribution in [0.2, 0.25) is 0 Å². The quantitative estimate of drug-likeness (QED) is 0.864. The molecule has 1 N–H and O–H groups in total. The molecule has 1 aromatic carbocycles. The van der Waals surface area contributed by atoms with E-state index in [2.05, 4.69) is 21.2 Å². The molecule has 0 unspecified atom stereocenters. The average Bonchev–Trinajstić information content (AvgIpc) is 2.86. The van der Waals surface area contributed by atoms with Crippen molar-refractivity contribution in [2.45, 2.75) is 19.9 Å². The van der Waals surface area contributed by atoms with Gasteiger partial charge in [-0.15, -0.1) is 11.3 Å². The van der Waals surface area contributed by atoms with Gasteiger partial charge in [0.15, 0.2) is 0 Å². The molecule has 5 heteroatoms. The summed E-state index contributed by atoms with van der Waals surface area (Å²) in [5, 5.41) is 2.99. The number of rotatable bonds is 5. The number of halogens is 1. The van der Waals surface area contributed by atoms with Gasteiger partial charge in [-0.25, -0.2) is 0 Å². The summed E-state index contributed by atoms with van der Waals surface area (Å²) in [6.07, 6.45) is 0. The number of benzene rings is 1. The van der Waals surface area contributed by atoms with Crippen LogP contribution in [0, 0.1) is 0 Å². The Hall–Kier alpha value is -1.33. The summed E-state index contributed by atoms with van der Waals surface area (Å²) in [6.45, 7) is 4.57. The van der Waals surface area contributed by atoms with Gasteiger partial charge in [-0.1, -0.05) is 12.1 Å². The zero-order valence-corrected chi connectivity index (χ0v) is 13.8. The highest BCUT2D eigenvalue weighted by Gasteiger charge is 2.13. The summed E-state index contributed by atoms with van der Waals surface area (Å²) in [6, 6.07) is 11.4. The van der Waals surface area contributed by atoms with Crippen LogP contribution in [0.15, 0.2) is 40.2 Å². The van der Waals surface area contributed by atoms with E-state index >= 15 is 0 Å². The second-order valence-electron chi connectivity index (χ2n) is 4.30. The van der Waals surface area contributed by atoms with Crippen molar-refractivity contribution in [3.63, 3.8) is 0 Å². The zero-order chi connectivity index (χ0) is 14.5. The number of carbonyl (C=O) groups is 1. The molecule has 0 bridgehead atoms. The van der Waals surface area contributed by atoms with Gasteiger partial charge in [-0.2, -0.15) is 0 Å². The number of carbonyl (C=O) groups excluding carboxylic acids is 1. The van der Waals surface area contributed by atoms with Gasteiger partial charge in [0.1, 0.15) is 5.75 Å². The van der Waals surface area contributed by atoms with Gasteiger partial charge in [0, 0.05) is 0 Å². The van der Waals surface area contributed by atoms with Crippen LogP contribution in [0.3, 0.4) is 0 Å². The summed E-state index contributed by atoms with van der Waals surface area (Å²) in [4.78, 5) is 12.8. The summed E-state index contributed by atoms with van der Waals surface area (Å²) >= 11 is 4.79. The molecule has 0 saturated carbocycles. The maximum absolute atomic E-state index is 12.1. The lowest BCUT2D eigenvalue weighted by molar-refractivity contribution is 0.0944. The minimum absolute atomic E-state index is 0.0425. The lowest BCUT2D eigenvalue weighted by Gasteiger charge is -2.14. The standard InChI is InChI=1S/C15H16BrNO2S/c1-3-19-12-6-4-11(5-7-12)10(2)17-15(18)13-8-9-14(16)20-13/h4-10H,3H2,1-2H3,(H,17,18)/t10-/m0/s1. The Balaban J connectivity index is 2.00. The number of thiophene rings is 1. The molecule has 2 rings (SSSR count). The number of hydrogen-bond acceptors (Lipinski definition) is 3. The summed E-state index contributed by atoms with van der Waals surface area (Å²) in [7, 11) is 0. The van der Waals surface area contributed by atoms with Crippen molar-refractivity contribution in [1.82, 2.24) is 5.32 Å². The monoisotopic (exact) mass is 353 g/mol. The number of hydrogen-bond donors (Lipinski definition) is 1. The molecule has 2 aromatic rings. The second kappa shape index (κ2) is 6.90. The Labute approximate surface area is 131 Å². The fraction of sp³-hybridized carbons (Fsp3) is 0.267. The van der Waals surface area contributed by atoms with Crippen molar-refractivity contribution in [2.75, 3.05) is 6.61 Å². The van der Waals surface area contributed by atoms with Crippen molar-refractivity contribution in [3.05, 3.63) is 50.6 Å². The van der Waals surface area contributed by atoms with E-state index in [0.29, 0.717) is 11.5 Å². The molecule has 3 nitrogen and oxygen atoms in total. The van der Waals surface area contributed by atoms with Gasteiger partial charge >= 0.3 is 0 Å². The Bertz CT molecular complexity index is 580. The van der Waals surface area contributed by atoms with E-state index in [1.807, 2.05) is 50.2 Å². The molecule has 20 heavy (non-hydrogen) atoms. The van der Waals surface area contributed by atoms with Crippen LogP contribution in [0.25, 0.3) is 0 Å². The molecule has 0 spiro atoms. The molecule has 1 aromatic heterocycles. The maximum atomic E-state index is 12.1. The Morgan fingerprint density at radius 1 is 1.30 bits per heavy atom. The SMILES string of the molecule is CCOc1ccc([C@H](C)NC(=O)c2ccc(Br)s2)cc1. The number of nitrogens with one attached hydrogen (secondary N) is 1. The van der Waals surface area contributed by atoms with Gasteiger partial charge < -0.3 is 10.1 Å². The molecule has 0 saturated heterocycles. The summed E-state index contributed by atoms with van der Waals surface area (Å²) in [5.74, 6) is 0.791. The highest BCUT2D eigenvalue weighted by atomic mass is 79.9. The highest BCUT2D eigenvalue weighted by molar-refractivity contribution is 9.11. The molecule has 106 valence electrons. The van der Waals surface area contributed by atoms with Crippen LogP contribution in [0.1, 0.15) is 35.1 Å². The topological polar surface area (TPSA) is 38.3 Å². The van der Waals surface area contributed by atoms with Crippen LogP contribution < -0.4 is 10.1 Å². The first-order valence-electron chi connectivity index (χ1n) is 6.39. The van der Waals surface area contributed by atoms with Crippen LogP contribution >= 0.6 is 27.3 Å². The van der Waals surface area contributed by atoms with Crippen LogP contribution in [0.4, 0.5) is 0 Å². The molecule has 1 atom stereocenters. The third-order valence-corrected chi connectivity index (χ3v) is 4.46. The number of ether oxygens (including phenoxy) is 1. The Morgan fingerprint density at radius 2 is 2.00 bits per heavy atom. The van der Waals surface area contributed by atoms with Crippen molar-refractivity contribution < 1.29 is 9.53 Å². The van der Waals surface area contributed by atoms with E-state index < -0.39 is 0 Å². The fourth-order valence-electron chi connectivity index (χ4n) is 1.81. The first-order valence-corrected chi connectivity index (χ1v) is 8.00. The largest absolute Gasteiger partial charge is 0.494 e. The maximum Gasteiger partial charge on any atom is 0.261 e. The molecule has 0 fully saturated rings. The van der Waals surface area contributed by atoms with Crippen molar-refractivity contribution in [3.8, 4) is 5.75 Å². The molecular formula is C15H16BrNO2S. The third-order valence-electron chi connectivity index (χ3n) is 2.84. The predicted molar refractivity (Wildman–Crippen MR) is 85.5 cm³/mol. The van der Waals surface area contributed by atoms with Crippen molar-refractivity contribution in [2.24, 2.45) is 0 Å². The van der Waals surface area contributed by atoms with Gasteiger partial charge in [-0.05, 0) is 59.6 Å². The highest BCUT2D eigenvalue weighted by Crippen LogP contribution is 2.23. The lowest BCUT2D eigenvalue weighted by atomic mass is 10.1. The van der Waals surface area contributed by atoms with E-state index in [-0.39, 0.29) is 11.9 Å². The summed E-state index contributed by atoms with van der Waals surface area (Å²) < 4.78 is 6.36. The lowest BCUT2D eigenvalue weighted by Crippen LogP contribution is -2.25. The van der Waals surface area contributed by atoms with Crippen molar-refractivity contribution >= 4 is 33.2 Å².